The Balaban J connectivity index is 3.99. The van der Waals surface area contributed by atoms with Crippen molar-refractivity contribution in [1.29, 1.82) is 0 Å². The second-order valence-electron chi connectivity index (χ2n) is 4.87. The highest BCUT2D eigenvalue weighted by Crippen LogP contribution is 2.02. The molecule has 0 spiro atoms. The van der Waals surface area contributed by atoms with Crippen LogP contribution in [0.25, 0.3) is 0 Å². The molecule has 116 valence electrons. The summed E-state index contributed by atoms with van der Waals surface area (Å²) in [5, 5.41) is 9.99. The number of hydrogen-bond acceptors (Lipinski definition) is 5. The minimum Gasteiger partial charge on any atom is -0.389 e. The van der Waals surface area contributed by atoms with Gasteiger partial charge in [-0.15, -0.1) is 0 Å². The molecule has 0 aromatic heterocycles. The Morgan fingerprint density at radius 1 is 1.11 bits per heavy atom. The minimum absolute atomic E-state index is 0.255. The van der Waals surface area contributed by atoms with Gasteiger partial charge in [-0.05, 0) is 13.3 Å². The van der Waals surface area contributed by atoms with Gasteiger partial charge in [-0.3, -0.25) is 4.90 Å². The van der Waals surface area contributed by atoms with Crippen molar-refractivity contribution in [2.24, 2.45) is 0 Å². The van der Waals surface area contributed by atoms with Crippen LogP contribution in [0.3, 0.4) is 0 Å². The molecular weight excluding hydrogens is 246 g/mol. The maximum absolute atomic E-state index is 9.99. The number of hydrogen-bond donors (Lipinski definition) is 1. The molecule has 0 radical (unpaired) electrons. The van der Waals surface area contributed by atoms with Gasteiger partial charge in [0.15, 0.2) is 0 Å². The van der Waals surface area contributed by atoms with Crippen LogP contribution in [0.1, 0.15) is 26.7 Å². The van der Waals surface area contributed by atoms with E-state index < -0.39 is 6.10 Å². The quantitative estimate of drug-likeness (QED) is 0.512. The third-order valence-electron chi connectivity index (χ3n) is 3.01. The summed E-state index contributed by atoms with van der Waals surface area (Å²) in [6.45, 7) is 7.99. The second kappa shape index (κ2) is 12.8. The number of aliphatic hydroxyl groups is 1. The SMILES string of the molecule is CCCCOCC(O)CN(CCOC)C(C)COC. The summed E-state index contributed by atoms with van der Waals surface area (Å²) >= 11 is 0. The normalized spacial score (nSPS) is 14.8. The number of unbranched alkanes of at least 4 members (excludes halogenated alkanes) is 1. The van der Waals surface area contributed by atoms with Gasteiger partial charge in [-0.25, -0.2) is 0 Å². The zero-order chi connectivity index (χ0) is 14.5. The highest BCUT2D eigenvalue weighted by Gasteiger charge is 2.17. The molecule has 2 atom stereocenters. The van der Waals surface area contributed by atoms with Crippen molar-refractivity contribution in [2.45, 2.75) is 38.8 Å². The Hall–Kier alpha value is -0.200. The lowest BCUT2D eigenvalue weighted by molar-refractivity contribution is -0.00530. The third-order valence-corrected chi connectivity index (χ3v) is 3.01. The first kappa shape index (κ1) is 18.8. The number of methoxy groups -OCH3 is 2. The van der Waals surface area contributed by atoms with Crippen LogP contribution < -0.4 is 0 Å². The van der Waals surface area contributed by atoms with Gasteiger partial charge >= 0.3 is 0 Å². The summed E-state index contributed by atoms with van der Waals surface area (Å²) in [5.74, 6) is 0. The van der Waals surface area contributed by atoms with E-state index in [9.17, 15) is 5.11 Å². The molecule has 0 amide bonds. The van der Waals surface area contributed by atoms with Crippen molar-refractivity contribution in [2.75, 3.05) is 53.7 Å². The van der Waals surface area contributed by atoms with Crippen molar-refractivity contribution in [3.8, 4) is 0 Å². The molecule has 0 saturated carbocycles. The summed E-state index contributed by atoms with van der Waals surface area (Å²) in [4.78, 5) is 2.17. The Labute approximate surface area is 117 Å². The van der Waals surface area contributed by atoms with Crippen LogP contribution in [0.2, 0.25) is 0 Å². The van der Waals surface area contributed by atoms with E-state index in [1.165, 1.54) is 0 Å². The molecular formula is C14H31NO4. The molecule has 19 heavy (non-hydrogen) atoms. The van der Waals surface area contributed by atoms with Crippen LogP contribution >= 0.6 is 0 Å². The Morgan fingerprint density at radius 3 is 2.42 bits per heavy atom. The average molecular weight is 277 g/mol. The fraction of sp³-hybridized carbons (Fsp3) is 1.00. The first-order valence-electron chi connectivity index (χ1n) is 7.13. The Morgan fingerprint density at radius 2 is 1.84 bits per heavy atom. The van der Waals surface area contributed by atoms with Crippen LogP contribution in [-0.2, 0) is 14.2 Å². The number of rotatable bonds is 13. The van der Waals surface area contributed by atoms with E-state index in [4.69, 9.17) is 14.2 Å². The number of ether oxygens (including phenoxy) is 3. The molecule has 2 unspecified atom stereocenters. The maximum atomic E-state index is 9.99. The van der Waals surface area contributed by atoms with Gasteiger partial charge < -0.3 is 19.3 Å². The average Bonchev–Trinajstić information content (AvgIpc) is 2.39. The van der Waals surface area contributed by atoms with Crippen LogP contribution in [0.4, 0.5) is 0 Å². The van der Waals surface area contributed by atoms with E-state index in [0.29, 0.717) is 26.4 Å². The van der Waals surface area contributed by atoms with E-state index in [-0.39, 0.29) is 6.04 Å². The third kappa shape index (κ3) is 10.3. The topological polar surface area (TPSA) is 51.2 Å². The fourth-order valence-electron chi connectivity index (χ4n) is 1.84. The molecule has 0 bridgehead atoms. The second-order valence-corrected chi connectivity index (χ2v) is 4.87. The van der Waals surface area contributed by atoms with E-state index in [1.54, 1.807) is 14.2 Å². The van der Waals surface area contributed by atoms with Crippen molar-refractivity contribution in [3.05, 3.63) is 0 Å². The van der Waals surface area contributed by atoms with Crippen LogP contribution in [0, 0.1) is 0 Å². The lowest BCUT2D eigenvalue weighted by Gasteiger charge is -2.30. The van der Waals surface area contributed by atoms with Gasteiger partial charge in [0, 0.05) is 40.0 Å². The van der Waals surface area contributed by atoms with Crippen LogP contribution in [-0.4, -0.2) is 75.9 Å². The van der Waals surface area contributed by atoms with Gasteiger partial charge in [0.2, 0.25) is 0 Å². The highest BCUT2D eigenvalue weighted by atomic mass is 16.5. The fourth-order valence-corrected chi connectivity index (χ4v) is 1.84. The summed E-state index contributed by atoms with van der Waals surface area (Å²) in [7, 11) is 3.37. The standard InChI is InChI=1S/C14H31NO4/c1-5-6-8-19-12-14(16)10-15(7-9-17-3)13(2)11-18-4/h13-14,16H,5-12H2,1-4H3. The minimum atomic E-state index is -0.465. The largest absolute Gasteiger partial charge is 0.389 e. The van der Waals surface area contributed by atoms with Gasteiger partial charge in [-0.2, -0.15) is 0 Å². The Kier molecular flexibility index (Phi) is 12.7. The van der Waals surface area contributed by atoms with Crippen molar-refractivity contribution < 1.29 is 19.3 Å². The predicted octanol–water partition coefficient (Wildman–Crippen LogP) is 1.15. The predicted molar refractivity (Wildman–Crippen MR) is 76.5 cm³/mol. The lowest BCUT2D eigenvalue weighted by atomic mass is 10.2. The molecule has 0 fully saturated rings. The van der Waals surface area contributed by atoms with Crippen LogP contribution in [0.5, 0.6) is 0 Å². The van der Waals surface area contributed by atoms with Gasteiger partial charge in [0.05, 0.1) is 25.9 Å². The van der Waals surface area contributed by atoms with E-state index >= 15 is 0 Å². The Bertz CT molecular complexity index is 192. The van der Waals surface area contributed by atoms with Crippen molar-refractivity contribution in [3.63, 3.8) is 0 Å². The molecule has 0 rings (SSSR count). The van der Waals surface area contributed by atoms with Crippen molar-refractivity contribution >= 4 is 0 Å². The van der Waals surface area contributed by atoms with Crippen LogP contribution in [0.15, 0.2) is 0 Å². The first-order chi connectivity index (χ1) is 9.15. The number of nitrogens with zero attached hydrogens (tertiary/aromatic N) is 1. The van der Waals surface area contributed by atoms with E-state index in [1.807, 2.05) is 0 Å². The summed E-state index contributed by atoms with van der Waals surface area (Å²) in [5.41, 5.74) is 0. The molecule has 0 aromatic carbocycles. The number of aliphatic hydroxyl groups excluding tert-OH is 1. The maximum Gasteiger partial charge on any atom is 0.0900 e. The monoisotopic (exact) mass is 277 g/mol. The lowest BCUT2D eigenvalue weighted by Crippen LogP contribution is -2.44. The molecule has 0 heterocycles. The summed E-state index contributed by atoms with van der Waals surface area (Å²) < 4.78 is 15.7. The molecule has 1 N–H and O–H groups in total. The zero-order valence-corrected chi connectivity index (χ0v) is 12.9. The van der Waals surface area contributed by atoms with Gasteiger partial charge in [0.1, 0.15) is 0 Å². The molecule has 0 aliphatic rings. The molecule has 5 heteroatoms. The highest BCUT2D eigenvalue weighted by molar-refractivity contribution is 4.70. The summed E-state index contributed by atoms with van der Waals surface area (Å²) in [6, 6.07) is 0.255. The molecule has 5 nitrogen and oxygen atoms in total. The summed E-state index contributed by atoms with van der Waals surface area (Å²) in [6.07, 6.45) is 1.69. The molecule has 0 aliphatic heterocycles. The van der Waals surface area contributed by atoms with E-state index in [0.717, 1.165) is 26.0 Å². The molecule has 0 saturated heterocycles. The van der Waals surface area contributed by atoms with E-state index in [2.05, 4.69) is 18.7 Å². The van der Waals surface area contributed by atoms with Gasteiger partial charge in [0.25, 0.3) is 0 Å². The molecule has 0 aliphatic carbocycles. The zero-order valence-electron chi connectivity index (χ0n) is 12.9. The first-order valence-corrected chi connectivity index (χ1v) is 7.13. The smallest absolute Gasteiger partial charge is 0.0900 e. The van der Waals surface area contributed by atoms with Crippen molar-refractivity contribution in [1.82, 2.24) is 4.90 Å². The molecule has 0 aromatic rings. The van der Waals surface area contributed by atoms with Gasteiger partial charge in [-0.1, -0.05) is 13.3 Å².